The van der Waals surface area contributed by atoms with Crippen LogP contribution in [0.5, 0.6) is 5.75 Å². The Labute approximate surface area is 174 Å². The molecule has 1 amide bonds. The summed E-state index contributed by atoms with van der Waals surface area (Å²) in [6.45, 7) is 12.7. The molecule has 2 aromatic rings. The lowest BCUT2D eigenvalue weighted by atomic mass is 9.87. The fourth-order valence-electron chi connectivity index (χ4n) is 3.31. The van der Waals surface area contributed by atoms with Crippen molar-refractivity contribution in [1.82, 2.24) is 9.47 Å². The Morgan fingerprint density at radius 3 is 2.34 bits per heavy atom. The summed E-state index contributed by atoms with van der Waals surface area (Å²) in [5.74, 6) is 1.11. The molecule has 1 heterocycles. The van der Waals surface area contributed by atoms with Crippen LogP contribution in [0.4, 0.5) is 5.82 Å². The molecule has 1 atom stereocenters. The first kappa shape index (κ1) is 22.5. The van der Waals surface area contributed by atoms with Gasteiger partial charge in [0.15, 0.2) is 0 Å². The van der Waals surface area contributed by atoms with Crippen LogP contribution in [0.2, 0.25) is 0 Å². The zero-order valence-electron chi connectivity index (χ0n) is 18.8. The van der Waals surface area contributed by atoms with Crippen molar-refractivity contribution in [2.24, 2.45) is 5.41 Å². The van der Waals surface area contributed by atoms with Crippen molar-refractivity contribution in [3.8, 4) is 17.5 Å². The Balaban J connectivity index is 2.38. The third-order valence-corrected chi connectivity index (χ3v) is 5.72. The Hall–Kier alpha value is -2.78. The highest BCUT2D eigenvalue weighted by atomic mass is 16.5. The lowest BCUT2D eigenvalue weighted by molar-refractivity contribution is -0.117. The SMILES string of the molecule is COc1ccc(-n2c(C)c(C)c(C#N)c2NC(=O)CN(C)C(C)C(C)(C)C)cc1. The van der Waals surface area contributed by atoms with Crippen LogP contribution >= 0.6 is 0 Å². The minimum absolute atomic E-state index is 0.0589. The monoisotopic (exact) mass is 396 g/mol. The van der Waals surface area contributed by atoms with Crippen LogP contribution in [-0.2, 0) is 4.79 Å². The number of nitriles is 1. The van der Waals surface area contributed by atoms with Gasteiger partial charge in [0.05, 0.1) is 19.2 Å². The number of benzene rings is 1. The number of hydrogen-bond acceptors (Lipinski definition) is 4. The molecule has 0 aliphatic carbocycles. The van der Waals surface area contributed by atoms with Crippen molar-refractivity contribution in [2.75, 3.05) is 26.0 Å². The summed E-state index contributed by atoms with van der Waals surface area (Å²) >= 11 is 0. The molecule has 0 saturated heterocycles. The first-order valence-corrected chi connectivity index (χ1v) is 9.77. The zero-order valence-corrected chi connectivity index (χ0v) is 18.8. The molecule has 1 aromatic heterocycles. The van der Waals surface area contributed by atoms with Gasteiger partial charge in [-0.3, -0.25) is 14.3 Å². The summed E-state index contributed by atoms with van der Waals surface area (Å²) in [6, 6.07) is 10.0. The molecule has 6 nitrogen and oxygen atoms in total. The number of carbonyl (C=O) groups excluding carboxylic acids is 1. The van der Waals surface area contributed by atoms with Crippen molar-refractivity contribution in [2.45, 2.75) is 47.6 Å². The van der Waals surface area contributed by atoms with Crippen LogP contribution in [0.3, 0.4) is 0 Å². The smallest absolute Gasteiger partial charge is 0.239 e. The number of aromatic nitrogens is 1. The molecule has 0 aliphatic rings. The summed E-state index contributed by atoms with van der Waals surface area (Å²) < 4.78 is 7.15. The Kier molecular flexibility index (Phi) is 6.76. The Morgan fingerprint density at radius 1 is 1.28 bits per heavy atom. The van der Waals surface area contributed by atoms with Crippen LogP contribution in [-0.4, -0.2) is 42.1 Å². The average Bonchev–Trinajstić information content (AvgIpc) is 2.89. The molecule has 1 N–H and O–H groups in total. The first-order valence-electron chi connectivity index (χ1n) is 9.77. The maximum absolute atomic E-state index is 12.8. The number of nitrogens with zero attached hydrogens (tertiary/aromatic N) is 3. The fourth-order valence-corrected chi connectivity index (χ4v) is 3.31. The van der Waals surface area contributed by atoms with Gasteiger partial charge in [0.25, 0.3) is 0 Å². The quantitative estimate of drug-likeness (QED) is 0.791. The molecule has 2 rings (SSSR count). The van der Waals surface area contributed by atoms with Crippen molar-refractivity contribution in [3.05, 3.63) is 41.1 Å². The van der Waals surface area contributed by atoms with Gasteiger partial charge in [0, 0.05) is 17.4 Å². The second-order valence-corrected chi connectivity index (χ2v) is 8.58. The number of amides is 1. The summed E-state index contributed by atoms with van der Waals surface area (Å²) in [5, 5.41) is 12.7. The van der Waals surface area contributed by atoms with E-state index in [9.17, 15) is 10.1 Å². The Morgan fingerprint density at radius 2 is 1.86 bits per heavy atom. The molecule has 0 radical (unpaired) electrons. The predicted molar refractivity (Wildman–Crippen MR) is 117 cm³/mol. The standard InChI is InChI=1S/C23H32N4O2/c1-15-16(2)27(18-9-11-19(29-8)12-10-18)22(20(15)13-24)25-21(28)14-26(7)17(3)23(4,5)6/h9-12,17H,14H2,1-8H3,(H,25,28). The predicted octanol–water partition coefficient (Wildman–Crippen LogP) is 4.28. The van der Waals surface area contributed by atoms with Crippen molar-refractivity contribution in [1.29, 1.82) is 5.26 Å². The minimum atomic E-state index is -0.146. The van der Waals surface area contributed by atoms with Crippen LogP contribution < -0.4 is 10.1 Å². The van der Waals surface area contributed by atoms with E-state index in [1.165, 1.54) is 0 Å². The molecule has 6 heteroatoms. The fraction of sp³-hybridized carbons (Fsp3) is 0.478. The molecule has 29 heavy (non-hydrogen) atoms. The number of rotatable bonds is 6. The lowest BCUT2D eigenvalue weighted by Crippen LogP contribution is -2.43. The largest absolute Gasteiger partial charge is 0.497 e. The second-order valence-electron chi connectivity index (χ2n) is 8.58. The molecule has 0 aliphatic heterocycles. The number of likely N-dealkylation sites (N-methyl/N-ethyl adjacent to an activating group) is 1. The maximum atomic E-state index is 12.8. The number of ether oxygens (including phenoxy) is 1. The van der Waals surface area contributed by atoms with Gasteiger partial charge in [0.1, 0.15) is 17.6 Å². The van der Waals surface area contributed by atoms with Crippen LogP contribution in [0, 0.1) is 30.6 Å². The average molecular weight is 397 g/mol. The number of nitrogens with one attached hydrogen (secondary N) is 1. The summed E-state index contributed by atoms with van der Waals surface area (Å²) in [6.07, 6.45) is 0. The molecule has 0 saturated carbocycles. The highest BCUT2D eigenvalue weighted by Gasteiger charge is 2.26. The van der Waals surface area contributed by atoms with Crippen LogP contribution in [0.15, 0.2) is 24.3 Å². The lowest BCUT2D eigenvalue weighted by Gasteiger charge is -2.34. The van der Waals surface area contributed by atoms with E-state index in [2.05, 4.69) is 39.1 Å². The van der Waals surface area contributed by atoms with E-state index < -0.39 is 0 Å². The number of hydrogen-bond donors (Lipinski definition) is 1. The number of carbonyl (C=O) groups is 1. The van der Waals surface area contributed by atoms with Crippen molar-refractivity contribution in [3.63, 3.8) is 0 Å². The normalized spacial score (nSPS) is 12.6. The van der Waals surface area contributed by atoms with Gasteiger partial charge in [-0.05, 0) is 63.1 Å². The molecule has 0 spiro atoms. The van der Waals surface area contributed by atoms with Crippen molar-refractivity contribution >= 4 is 11.7 Å². The van der Waals surface area contributed by atoms with Gasteiger partial charge >= 0.3 is 0 Å². The number of anilines is 1. The molecular formula is C23H32N4O2. The van der Waals surface area contributed by atoms with Crippen LogP contribution in [0.1, 0.15) is 44.5 Å². The Bertz CT molecular complexity index is 914. The van der Waals surface area contributed by atoms with E-state index in [0.717, 1.165) is 22.7 Å². The van der Waals surface area contributed by atoms with Gasteiger partial charge in [-0.25, -0.2) is 0 Å². The summed E-state index contributed by atoms with van der Waals surface area (Å²) in [4.78, 5) is 14.9. The zero-order chi connectivity index (χ0) is 21.9. The van der Waals surface area contributed by atoms with Gasteiger partial charge in [-0.1, -0.05) is 20.8 Å². The van der Waals surface area contributed by atoms with Crippen LogP contribution in [0.25, 0.3) is 5.69 Å². The van der Waals surface area contributed by atoms with Gasteiger partial charge in [-0.2, -0.15) is 5.26 Å². The molecule has 1 aromatic carbocycles. The highest BCUT2D eigenvalue weighted by molar-refractivity contribution is 5.93. The molecule has 0 bridgehead atoms. The molecule has 156 valence electrons. The summed E-state index contributed by atoms with van der Waals surface area (Å²) in [7, 11) is 3.56. The maximum Gasteiger partial charge on any atom is 0.239 e. The summed E-state index contributed by atoms with van der Waals surface area (Å²) in [5.41, 5.74) is 3.18. The minimum Gasteiger partial charge on any atom is -0.497 e. The van der Waals surface area contributed by atoms with E-state index >= 15 is 0 Å². The van der Waals surface area contributed by atoms with E-state index in [1.807, 2.05) is 54.6 Å². The molecular weight excluding hydrogens is 364 g/mol. The van der Waals surface area contributed by atoms with E-state index in [1.54, 1.807) is 7.11 Å². The topological polar surface area (TPSA) is 70.3 Å². The third kappa shape index (κ3) is 4.80. The highest BCUT2D eigenvalue weighted by Crippen LogP contribution is 2.31. The third-order valence-electron chi connectivity index (χ3n) is 5.72. The van der Waals surface area contributed by atoms with Gasteiger partial charge in [-0.15, -0.1) is 0 Å². The van der Waals surface area contributed by atoms with E-state index in [-0.39, 0.29) is 23.9 Å². The van der Waals surface area contributed by atoms with E-state index in [4.69, 9.17) is 4.74 Å². The van der Waals surface area contributed by atoms with Gasteiger partial charge in [0.2, 0.25) is 5.91 Å². The van der Waals surface area contributed by atoms with Crippen molar-refractivity contribution < 1.29 is 9.53 Å². The van der Waals surface area contributed by atoms with E-state index in [0.29, 0.717) is 11.4 Å². The molecule has 0 fully saturated rings. The van der Waals surface area contributed by atoms with Gasteiger partial charge < -0.3 is 10.1 Å². The number of methoxy groups -OCH3 is 1. The first-order chi connectivity index (χ1) is 13.5. The second kappa shape index (κ2) is 8.71. The molecule has 1 unspecified atom stereocenters.